The summed E-state index contributed by atoms with van der Waals surface area (Å²) in [5.41, 5.74) is 2.88. The lowest BCUT2D eigenvalue weighted by molar-refractivity contribution is -0.140. The molecule has 1 aromatic heterocycles. The molecule has 174 valence electrons. The van der Waals surface area contributed by atoms with Gasteiger partial charge >= 0.3 is 0 Å². The number of Topliss-reactive ketones (excluding diaryl/α,β-unsaturated/α-hetero) is 1. The highest BCUT2D eigenvalue weighted by Gasteiger charge is 2.46. The van der Waals surface area contributed by atoms with E-state index in [2.05, 4.69) is 20.9 Å². The minimum Gasteiger partial charge on any atom is -0.507 e. The summed E-state index contributed by atoms with van der Waals surface area (Å²) in [6.45, 7) is 4.70. The van der Waals surface area contributed by atoms with Crippen molar-refractivity contribution >= 4 is 33.4 Å². The van der Waals surface area contributed by atoms with Gasteiger partial charge in [-0.3, -0.25) is 14.6 Å². The van der Waals surface area contributed by atoms with Crippen LogP contribution in [0.2, 0.25) is 0 Å². The van der Waals surface area contributed by atoms with Crippen LogP contribution in [-0.2, 0) is 16.1 Å². The Hall–Kier alpha value is -3.45. The molecule has 1 aliphatic rings. The number of carbonyl (C=O) groups excluding carboxylic acids is 2. The number of ketones is 1. The third-order valence-electron chi connectivity index (χ3n) is 5.71. The molecule has 1 N–H and O–H groups in total. The van der Waals surface area contributed by atoms with Gasteiger partial charge in [0.15, 0.2) is 0 Å². The number of benzene rings is 2. The summed E-state index contributed by atoms with van der Waals surface area (Å²) in [5, 5.41) is 11.3. The molecular formula is C27H25BrN2O4. The molecule has 1 aliphatic heterocycles. The number of rotatable bonds is 7. The van der Waals surface area contributed by atoms with Crippen molar-refractivity contribution in [1.29, 1.82) is 0 Å². The number of likely N-dealkylation sites (tertiary alicyclic amines) is 1. The second kappa shape index (κ2) is 10.2. The molecule has 7 heteroatoms. The van der Waals surface area contributed by atoms with Gasteiger partial charge in [-0.2, -0.15) is 0 Å². The van der Waals surface area contributed by atoms with Crippen LogP contribution in [0.1, 0.15) is 41.6 Å². The number of aryl methyl sites for hydroxylation is 1. The number of amides is 1. The zero-order valence-corrected chi connectivity index (χ0v) is 20.6. The minimum atomic E-state index is -0.732. The molecule has 0 aliphatic carbocycles. The van der Waals surface area contributed by atoms with Gasteiger partial charge in [-0.25, -0.2) is 0 Å². The molecule has 1 atom stereocenters. The van der Waals surface area contributed by atoms with E-state index < -0.39 is 17.7 Å². The van der Waals surface area contributed by atoms with E-state index in [-0.39, 0.29) is 17.9 Å². The van der Waals surface area contributed by atoms with Gasteiger partial charge in [0.1, 0.15) is 11.5 Å². The maximum absolute atomic E-state index is 13.2. The molecule has 0 bridgehead atoms. The molecule has 2 heterocycles. The van der Waals surface area contributed by atoms with Gasteiger partial charge in [-0.15, -0.1) is 0 Å². The maximum Gasteiger partial charge on any atom is 0.295 e. The van der Waals surface area contributed by atoms with Crippen LogP contribution in [0.25, 0.3) is 5.76 Å². The van der Waals surface area contributed by atoms with E-state index in [0.717, 1.165) is 33.3 Å². The van der Waals surface area contributed by atoms with Gasteiger partial charge in [-0.1, -0.05) is 41.1 Å². The third kappa shape index (κ3) is 4.75. The summed E-state index contributed by atoms with van der Waals surface area (Å²) in [7, 11) is 0. The van der Waals surface area contributed by atoms with Crippen molar-refractivity contribution in [3.63, 3.8) is 0 Å². The number of ether oxygens (including phenoxy) is 1. The molecule has 2 aromatic carbocycles. The summed E-state index contributed by atoms with van der Waals surface area (Å²) in [6, 6.07) is 15.6. The van der Waals surface area contributed by atoms with Crippen molar-refractivity contribution in [1.82, 2.24) is 9.88 Å². The number of hydrogen-bond acceptors (Lipinski definition) is 5. The Kier molecular flexibility index (Phi) is 7.12. The topological polar surface area (TPSA) is 79.7 Å². The predicted octanol–water partition coefficient (Wildman–Crippen LogP) is 5.56. The lowest BCUT2D eigenvalue weighted by atomic mass is 9.94. The number of halogens is 1. The van der Waals surface area contributed by atoms with Crippen LogP contribution in [0.3, 0.4) is 0 Å². The largest absolute Gasteiger partial charge is 0.507 e. The second-order valence-corrected chi connectivity index (χ2v) is 9.08. The lowest BCUT2D eigenvalue weighted by Crippen LogP contribution is -2.29. The van der Waals surface area contributed by atoms with Gasteiger partial charge in [0.2, 0.25) is 0 Å². The Morgan fingerprint density at radius 3 is 2.56 bits per heavy atom. The first-order valence-corrected chi connectivity index (χ1v) is 11.9. The van der Waals surface area contributed by atoms with Crippen molar-refractivity contribution in [2.45, 2.75) is 32.9 Å². The monoisotopic (exact) mass is 520 g/mol. The van der Waals surface area contributed by atoms with Gasteiger partial charge < -0.3 is 14.7 Å². The zero-order valence-electron chi connectivity index (χ0n) is 19.0. The first-order chi connectivity index (χ1) is 16.4. The quantitative estimate of drug-likeness (QED) is 0.250. The first kappa shape index (κ1) is 23.7. The van der Waals surface area contributed by atoms with Crippen LogP contribution in [0, 0.1) is 6.92 Å². The number of hydrogen-bond donors (Lipinski definition) is 1. The molecule has 6 nitrogen and oxygen atoms in total. The number of pyridine rings is 1. The summed E-state index contributed by atoms with van der Waals surface area (Å²) < 4.78 is 6.61. The molecular weight excluding hydrogens is 496 g/mol. The molecule has 3 aromatic rings. The van der Waals surface area contributed by atoms with Crippen LogP contribution in [0.5, 0.6) is 5.75 Å². The molecule has 1 fully saturated rings. The molecule has 0 spiro atoms. The Morgan fingerprint density at radius 1 is 1.15 bits per heavy atom. The second-order valence-electron chi connectivity index (χ2n) is 8.17. The van der Waals surface area contributed by atoms with Crippen molar-refractivity contribution in [3.8, 4) is 5.75 Å². The highest BCUT2D eigenvalue weighted by Crippen LogP contribution is 2.41. The smallest absolute Gasteiger partial charge is 0.295 e. The Bertz CT molecular complexity index is 1240. The van der Waals surface area contributed by atoms with Gasteiger partial charge in [0, 0.05) is 29.0 Å². The van der Waals surface area contributed by atoms with E-state index in [1.165, 1.54) is 4.90 Å². The fourth-order valence-electron chi connectivity index (χ4n) is 4.05. The van der Waals surface area contributed by atoms with E-state index in [1.807, 2.05) is 44.2 Å². The zero-order chi connectivity index (χ0) is 24.2. The first-order valence-electron chi connectivity index (χ1n) is 11.1. The fraction of sp³-hybridized carbons (Fsp3) is 0.222. The number of carbonyl (C=O) groups is 2. The normalized spacial score (nSPS) is 17.3. The molecule has 4 rings (SSSR count). The molecule has 0 radical (unpaired) electrons. The Labute approximate surface area is 207 Å². The Morgan fingerprint density at radius 2 is 1.91 bits per heavy atom. The van der Waals surface area contributed by atoms with E-state index in [1.54, 1.807) is 36.7 Å². The lowest BCUT2D eigenvalue weighted by Gasteiger charge is -2.25. The average molecular weight is 521 g/mol. The summed E-state index contributed by atoms with van der Waals surface area (Å²) in [5.74, 6) is -0.846. The number of aliphatic hydroxyl groups is 1. The molecule has 0 saturated carbocycles. The molecule has 1 amide bonds. The molecule has 1 unspecified atom stereocenters. The highest BCUT2D eigenvalue weighted by atomic mass is 79.9. The number of aliphatic hydroxyl groups excluding tert-OH is 1. The highest BCUT2D eigenvalue weighted by molar-refractivity contribution is 9.10. The third-order valence-corrected chi connectivity index (χ3v) is 6.24. The number of aromatic nitrogens is 1. The van der Waals surface area contributed by atoms with Crippen LogP contribution in [-0.4, -0.2) is 33.3 Å². The predicted molar refractivity (Wildman–Crippen MR) is 133 cm³/mol. The standard InChI is InChI=1S/C27H25BrN2O4/c1-3-13-34-22-11-8-20(14-17(22)2)25(31)23-24(19-6-9-21(28)10-7-19)30(27(33)26(23)32)16-18-5-4-12-29-15-18/h4-12,14-15,24,31H,3,13,16H2,1-2H3/b25-23+. The number of nitrogens with zero attached hydrogens (tertiary/aromatic N) is 2. The molecule has 34 heavy (non-hydrogen) atoms. The van der Waals surface area contributed by atoms with Gasteiger partial charge in [-0.05, 0) is 66.4 Å². The van der Waals surface area contributed by atoms with E-state index in [0.29, 0.717) is 12.2 Å². The van der Waals surface area contributed by atoms with Crippen LogP contribution < -0.4 is 4.74 Å². The van der Waals surface area contributed by atoms with Crippen molar-refractivity contribution < 1.29 is 19.4 Å². The Balaban J connectivity index is 1.81. The summed E-state index contributed by atoms with van der Waals surface area (Å²) >= 11 is 3.43. The van der Waals surface area contributed by atoms with Crippen LogP contribution in [0.4, 0.5) is 0 Å². The fourth-order valence-corrected chi connectivity index (χ4v) is 4.31. The SMILES string of the molecule is CCCOc1ccc(/C(O)=C2\C(=O)C(=O)N(Cc3cccnc3)C2c2ccc(Br)cc2)cc1C. The van der Waals surface area contributed by atoms with Crippen LogP contribution >= 0.6 is 15.9 Å². The van der Waals surface area contributed by atoms with E-state index in [4.69, 9.17) is 4.74 Å². The van der Waals surface area contributed by atoms with Crippen molar-refractivity contribution in [3.05, 3.63) is 99.3 Å². The van der Waals surface area contributed by atoms with Crippen molar-refractivity contribution in [2.75, 3.05) is 6.61 Å². The van der Waals surface area contributed by atoms with Crippen molar-refractivity contribution in [2.24, 2.45) is 0 Å². The van der Waals surface area contributed by atoms with Gasteiger partial charge in [0.05, 0.1) is 18.2 Å². The minimum absolute atomic E-state index is 0.0674. The van der Waals surface area contributed by atoms with E-state index in [9.17, 15) is 14.7 Å². The van der Waals surface area contributed by atoms with Crippen LogP contribution in [0.15, 0.2) is 77.0 Å². The average Bonchev–Trinajstić information content (AvgIpc) is 3.09. The molecule has 1 saturated heterocycles. The summed E-state index contributed by atoms with van der Waals surface area (Å²) in [6.07, 6.45) is 4.20. The van der Waals surface area contributed by atoms with Gasteiger partial charge in [0.25, 0.3) is 11.7 Å². The summed E-state index contributed by atoms with van der Waals surface area (Å²) in [4.78, 5) is 31.9. The maximum atomic E-state index is 13.2. The van der Waals surface area contributed by atoms with E-state index >= 15 is 0 Å².